The number of nitrogens with one attached hydrogen (secondary N) is 1. The number of ether oxygens (including phenoxy) is 1. The minimum absolute atomic E-state index is 0.0732. The minimum atomic E-state index is -3.85. The number of carbonyl (C=O) groups is 1. The molecule has 0 saturated carbocycles. The Balaban J connectivity index is 1.73. The van der Waals surface area contributed by atoms with Crippen LogP contribution in [0.2, 0.25) is 5.02 Å². The van der Waals surface area contributed by atoms with Crippen LogP contribution in [0.4, 0.5) is 5.13 Å². The standard InChI is InChI=1S/C17H15ClN2O5S2/c1-10-12(18)5-3-7-15(10)27(22,23)20-17-19-13(9-26-17)11(2)25-16(21)14-6-4-8-24-14/h3-9,11H,1-2H3,(H,19,20). The van der Waals surface area contributed by atoms with Crippen LogP contribution in [-0.2, 0) is 14.8 Å². The number of benzene rings is 1. The molecule has 1 atom stereocenters. The van der Waals surface area contributed by atoms with E-state index >= 15 is 0 Å². The molecule has 3 rings (SSSR count). The van der Waals surface area contributed by atoms with E-state index in [2.05, 4.69) is 9.71 Å². The lowest BCUT2D eigenvalue weighted by atomic mass is 10.2. The highest BCUT2D eigenvalue weighted by Crippen LogP contribution is 2.28. The quantitative estimate of drug-likeness (QED) is 0.586. The van der Waals surface area contributed by atoms with Crippen LogP contribution in [0.1, 0.15) is 34.8 Å². The molecule has 0 radical (unpaired) electrons. The van der Waals surface area contributed by atoms with Gasteiger partial charge in [-0.05, 0) is 43.7 Å². The summed E-state index contributed by atoms with van der Waals surface area (Å²) >= 11 is 7.08. The average Bonchev–Trinajstić information content (AvgIpc) is 3.28. The fourth-order valence-corrected chi connectivity index (χ4v) is 4.79. The molecule has 0 aliphatic carbocycles. The third kappa shape index (κ3) is 4.32. The largest absolute Gasteiger partial charge is 0.457 e. The fraction of sp³-hybridized carbons (Fsp3) is 0.176. The van der Waals surface area contributed by atoms with Gasteiger partial charge in [-0.1, -0.05) is 17.7 Å². The van der Waals surface area contributed by atoms with Crippen LogP contribution in [-0.4, -0.2) is 19.4 Å². The third-order valence-electron chi connectivity index (χ3n) is 3.67. The lowest BCUT2D eigenvalue weighted by molar-refractivity contribution is 0.0294. The monoisotopic (exact) mass is 426 g/mol. The summed E-state index contributed by atoms with van der Waals surface area (Å²) in [6.45, 7) is 3.26. The third-order valence-corrected chi connectivity index (χ3v) is 6.47. The first-order valence-electron chi connectivity index (χ1n) is 7.76. The van der Waals surface area contributed by atoms with Crippen molar-refractivity contribution in [3.8, 4) is 0 Å². The second-order valence-electron chi connectivity index (χ2n) is 5.57. The Morgan fingerprint density at radius 2 is 2.11 bits per heavy atom. The van der Waals surface area contributed by atoms with Crippen molar-refractivity contribution in [2.45, 2.75) is 24.8 Å². The van der Waals surface area contributed by atoms with E-state index in [1.807, 2.05) is 0 Å². The number of anilines is 1. The number of halogens is 1. The molecular weight excluding hydrogens is 412 g/mol. The number of rotatable bonds is 6. The zero-order valence-corrected chi connectivity index (χ0v) is 16.7. The number of esters is 1. The van der Waals surface area contributed by atoms with E-state index in [0.717, 1.165) is 11.3 Å². The summed E-state index contributed by atoms with van der Waals surface area (Å²) in [5.74, 6) is -0.549. The van der Waals surface area contributed by atoms with Crippen LogP contribution in [0.15, 0.2) is 51.3 Å². The Morgan fingerprint density at radius 3 is 2.81 bits per heavy atom. The van der Waals surface area contributed by atoms with Crippen molar-refractivity contribution in [1.29, 1.82) is 0 Å². The number of nitrogens with zero attached hydrogens (tertiary/aromatic N) is 1. The van der Waals surface area contributed by atoms with Crippen LogP contribution in [0.5, 0.6) is 0 Å². The molecule has 0 fully saturated rings. The molecule has 2 aromatic heterocycles. The summed E-state index contributed by atoms with van der Waals surface area (Å²) in [5.41, 5.74) is 0.865. The SMILES string of the molecule is Cc1c(Cl)cccc1S(=O)(=O)Nc1nc(C(C)OC(=O)c2ccco2)cs1. The van der Waals surface area contributed by atoms with E-state index in [1.54, 1.807) is 37.4 Å². The first-order valence-corrected chi connectivity index (χ1v) is 10.5. The molecular formula is C17H15ClN2O5S2. The van der Waals surface area contributed by atoms with Gasteiger partial charge in [-0.2, -0.15) is 0 Å². The zero-order chi connectivity index (χ0) is 19.6. The van der Waals surface area contributed by atoms with Crippen molar-refractivity contribution in [1.82, 2.24) is 4.98 Å². The molecule has 0 aliphatic heterocycles. The normalized spacial score (nSPS) is 12.6. The van der Waals surface area contributed by atoms with Crippen LogP contribution >= 0.6 is 22.9 Å². The number of furan rings is 1. The van der Waals surface area contributed by atoms with Gasteiger partial charge in [-0.25, -0.2) is 18.2 Å². The van der Waals surface area contributed by atoms with E-state index in [0.29, 0.717) is 16.3 Å². The molecule has 0 spiro atoms. The lowest BCUT2D eigenvalue weighted by Crippen LogP contribution is -2.14. The highest BCUT2D eigenvalue weighted by molar-refractivity contribution is 7.93. The van der Waals surface area contributed by atoms with Gasteiger partial charge in [0.25, 0.3) is 10.0 Å². The number of hydrogen-bond acceptors (Lipinski definition) is 7. The van der Waals surface area contributed by atoms with Gasteiger partial charge in [-0.15, -0.1) is 11.3 Å². The molecule has 0 aliphatic rings. The molecule has 1 unspecified atom stereocenters. The first-order chi connectivity index (χ1) is 12.8. The maximum Gasteiger partial charge on any atom is 0.374 e. The molecule has 142 valence electrons. The molecule has 27 heavy (non-hydrogen) atoms. The van der Waals surface area contributed by atoms with Gasteiger partial charge in [0.2, 0.25) is 5.76 Å². The summed E-state index contributed by atoms with van der Waals surface area (Å²) in [5, 5.41) is 2.13. The van der Waals surface area contributed by atoms with Gasteiger partial charge in [0.15, 0.2) is 5.13 Å². The maximum atomic E-state index is 12.6. The van der Waals surface area contributed by atoms with E-state index < -0.39 is 22.1 Å². The lowest BCUT2D eigenvalue weighted by Gasteiger charge is -2.10. The van der Waals surface area contributed by atoms with Gasteiger partial charge >= 0.3 is 5.97 Å². The highest BCUT2D eigenvalue weighted by Gasteiger charge is 2.22. The smallest absolute Gasteiger partial charge is 0.374 e. The zero-order valence-electron chi connectivity index (χ0n) is 14.3. The van der Waals surface area contributed by atoms with Crippen LogP contribution in [0, 0.1) is 6.92 Å². The second kappa shape index (κ2) is 7.71. The summed E-state index contributed by atoms with van der Waals surface area (Å²) < 4.78 is 37.8. The van der Waals surface area contributed by atoms with Crippen molar-refractivity contribution in [2.24, 2.45) is 0 Å². The molecule has 0 amide bonds. The first kappa shape index (κ1) is 19.4. The highest BCUT2D eigenvalue weighted by atomic mass is 35.5. The molecule has 7 nitrogen and oxygen atoms in total. The van der Waals surface area contributed by atoms with E-state index in [4.69, 9.17) is 20.8 Å². The van der Waals surface area contributed by atoms with Crippen molar-refractivity contribution >= 4 is 44.1 Å². The fourth-order valence-electron chi connectivity index (χ4n) is 2.24. The van der Waals surface area contributed by atoms with Gasteiger partial charge < -0.3 is 9.15 Å². The summed E-state index contributed by atoms with van der Waals surface area (Å²) in [6.07, 6.45) is 0.694. The van der Waals surface area contributed by atoms with E-state index in [1.165, 1.54) is 18.4 Å². The second-order valence-corrected chi connectivity index (χ2v) is 8.49. The number of hydrogen-bond donors (Lipinski definition) is 1. The average molecular weight is 427 g/mol. The molecule has 3 aromatic rings. The number of sulfonamides is 1. The molecule has 2 heterocycles. The van der Waals surface area contributed by atoms with Crippen molar-refractivity contribution in [3.63, 3.8) is 0 Å². The molecule has 0 saturated heterocycles. The minimum Gasteiger partial charge on any atom is -0.457 e. The molecule has 10 heteroatoms. The topological polar surface area (TPSA) is 98.5 Å². The summed E-state index contributed by atoms with van der Waals surface area (Å²) in [6, 6.07) is 7.71. The Morgan fingerprint density at radius 1 is 1.33 bits per heavy atom. The predicted molar refractivity (Wildman–Crippen MR) is 102 cm³/mol. The Hall–Kier alpha value is -2.36. The molecule has 1 aromatic carbocycles. The van der Waals surface area contributed by atoms with Gasteiger partial charge in [-0.3, -0.25) is 4.72 Å². The van der Waals surface area contributed by atoms with E-state index in [-0.39, 0.29) is 15.8 Å². The molecule has 0 bridgehead atoms. The number of carbonyl (C=O) groups excluding carboxylic acids is 1. The van der Waals surface area contributed by atoms with Crippen molar-refractivity contribution in [2.75, 3.05) is 4.72 Å². The summed E-state index contributed by atoms with van der Waals surface area (Å²) in [7, 11) is -3.85. The van der Waals surface area contributed by atoms with Crippen LogP contribution < -0.4 is 4.72 Å². The maximum absolute atomic E-state index is 12.6. The van der Waals surface area contributed by atoms with E-state index in [9.17, 15) is 13.2 Å². The molecule has 1 N–H and O–H groups in total. The Bertz CT molecular complexity index is 1060. The van der Waals surface area contributed by atoms with Gasteiger partial charge in [0, 0.05) is 10.4 Å². The predicted octanol–water partition coefficient (Wildman–Crippen LogP) is 4.42. The van der Waals surface area contributed by atoms with Crippen molar-refractivity contribution in [3.05, 3.63) is 64.0 Å². The van der Waals surface area contributed by atoms with Gasteiger partial charge in [0.05, 0.1) is 16.9 Å². The van der Waals surface area contributed by atoms with Crippen LogP contribution in [0.3, 0.4) is 0 Å². The van der Waals surface area contributed by atoms with Crippen molar-refractivity contribution < 1.29 is 22.4 Å². The Labute approximate surface area is 165 Å². The summed E-state index contributed by atoms with van der Waals surface area (Å²) in [4.78, 5) is 16.2. The Kier molecular flexibility index (Phi) is 5.54. The number of aromatic nitrogens is 1. The van der Waals surface area contributed by atoms with Gasteiger partial charge in [0.1, 0.15) is 6.10 Å². The van der Waals surface area contributed by atoms with Crippen LogP contribution in [0.25, 0.3) is 0 Å². The number of thiazole rings is 1.